The lowest BCUT2D eigenvalue weighted by Gasteiger charge is -2.21. The van der Waals surface area contributed by atoms with Crippen molar-refractivity contribution in [2.45, 2.75) is 24.7 Å². The SMILES string of the molecule is N#Cc1cccc(C(=O)C(NC(Cc2ccccc2)C(=O)O)c2ccc(-c3ccccc3C(F)(F)F)o2)c1. The van der Waals surface area contributed by atoms with Crippen LogP contribution in [-0.2, 0) is 17.4 Å². The summed E-state index contributed by atoms with van der Waals surface area (Å²) in [5.41, 5.74) is -0.106. The number of nitrogens with one attached hydrogen (secondary N) is 1. The normalized spacial score (nSPS) is 12.9. The first kappa shape index (κ1) is 26.4. The second-order valence-electron chi connectivity index (χ2n) is 8.48. The molecule has 0 saturated carbocycles. The van der Waals surface area contributed by atoms with Gasteiger partial charge in [0.15, 0.2) is 5.78 Å². The average Bonchev–Trinajstić information content (AvgIpc) is 3.40. The summed E-state index contributed by atoms with van der Waals surface area (Å²) in [5.74, 6) is -2.03. The minimum atomic E-state index is -4.64. The van der Waals surface area contributed by atoms with Crippen molar-refractivity contribution >= 4 is 11.8 Å². The monoisotopic (exact) mass is 518 g/mol. The van der Waals surface area contributed by atoms with E-state index in [4.69, 9.17) is 4.42 Å². The van der Waals surface area contributed by atoms with E-state index in [0.29, 0.717) is 5.56 Å². The second kappa shape index (κ2) is 11.2. The lowest BCUT2D eigenvalue weighted by molar-refractivity contribution is -0.139. The molecular weight excluding hydrogens is 497 g/mol. The number of carbonyl (C=O) groups excluding carboxylic acids is 1. The van der Waals surface area contributed by atoms with Crippen molar-refractivity contribution in [3.8, 4) is 17.4 Å². The zero-order chi connectivity index (χ0) is 27.3. The molecule has 0 radical (unpaired) electrons. The lowest BCUT2D eigenvalue weighted by Crippen LogP contribution is -2.43. The second-order valence-corrected chi connectivity index (χ2v) is 8.48. The number of aliphatic carboxylic acids is 1. The minimum Gasteiger partial charge on any atom is -0.480 e. The van der Waals surface area contributed by atoms with Crippen molar-refractivity contribution in [2.24, 2.45) is 0 Å². The van der Waals surface area contributed by atoms with Crippen LogP contribution in [0, 0.1) is 11.3 Å². The standard InChI is InChI=1S/C29H21F3N2O4/c30-29(31,32)22-12-5-4-11-21(22)24-13-14-25(38-24)26(27(35)20-10-6-9-19(15-20)17-33)34-23(28(36)37)16-18-7-2-1-3-8-18/h1-15,23,26,34H,16H2,(H,36,37). The Labute approximate surface area is 216 Å². The molecular formula is C29H21F3N2O4. The molecule has 2 N–H and O–H groups in total. The van der Waals surface area contributed by atoms with E-state index in [0.717, 1.165) is 6.07 Å². The van der Waals surface area contributed by atoms with Crippen LogP contribution >= 0.6 is 0 Å². The van der Waals surface area contributed by atoms with E-state index in [9.17, 15) is 33.1 Å². The van der Waals surface area contributed by atoms with Gasteiger partial charge in [-0.15, -0.1) is 0 Å². The summed E-state index contributed by atoms with van der Waals surface area (Å²) < 4.78 is 46.5. The molecule has 0 spiro atoms. The van der Waals surface area contributed by atoms with Gasteiger partial charge < -0.3 is 9.52 Å². The van der Waals surface area contributed by atoms with Gasteiger partial charge in [0.25, 0.3) is 0 Å². The summed E-state index contributed by atoms with van der Waals surface area (Å²) in [5, 5.41) is 22.0. The molecule has 2 unspecified atom stereocenters. The number of ketones is 1. The molecule has 192 valence electrons. The molecule has 6 nitrogen and oxygen atoms in total. The molecule has 4 aromatic rings. The van der Waals surface area contributed by atoms with Crippen molar-refractivity contribution < 1.29 is 32.3 Å². The van der Waals surface area contributed by atoms with Gasteiger partial charge in [-0.3, -0.25) is 14.9 Å². The third-order valence-electron chi connectivity index (χ3n) is 5.90. The maximum Gasteiger partial charge on any atom is 0.417 e. The predicted molar refractivity (Wildman–Crippen MR) is 132 cm³/mol. The molecule has 3 aromatic carbocycles. The van der Waals surface area contributed by atoms with Crippen LogP contribution in [0.1, 0.15) is 38.9 Å². The minimum absolute atomic E-state index is 0.0304. The van der Waals surface area contributed by atoms with Crippen molar-refractivity contribution in [1.82, 2.24) is 5.32 Å². The molecule has 38 heavy (non-hydrogen) atoms. The van der Waals surface area contributed by atoms with Crippen molar-refractivity contribution in [3.05, 3.63) is 119 Å². The Balaban J connectivity index is 1.75. The topological polar surface area (TPSA) is 103 Å². The van der Waals surface area contributed by atoms with Crippen LogP contribution in [-0.4, -0.2) is 22.9 Å². The first-order valence-corrected chi connectivity index (χ1v) is 11.5. The Morgan fingerprint density at radius 3 is 2.34 bits per heavy atom. The molecule has 0 aliphatic rings. The number of rotatable bonds is 9. The van der Waals surface area contributed by atoms with E-state index in [-0.39, 0.29) is 34.6 Å². The number of carbonyl (C=O) groups is 2. The van der Waals surface area contributed by atoms with Gasteiger partial charge in [-0.25, -0.2) is 0 Å². The summed E-state index contributed by atoms with van der Waals surface area (Å²) in [4.78, 5) is 25.7. The highest BCUT2D eigenvalue weighted by Crippen LogP contribution is 2.38. The molecule has 0 fully saturated rings. The van der Waals surface area contributed by atoms with Crippen LogP contribution in [0.4, 0.5) is 13.2 Å². The van der Waals surface area contributed by atoms with Crippen molar-refractivity contribution in [3.63, 3.8) is 0 Å². The molecule has 0 saturated heterocycles. The molecule has 1 heterocycles. The molecule has 9 heteroatoms. The fraction of sp³-hybridized carbons (Fsp3) is 0.138. The van der Waals surface area contributed by atoms with Crippen molar-refractivity contribution in [1.29, 1.82) is 5.26 Å². The smallest absolute Gasteiger partial charge is 0.417 e. The van der Waals surface area contributed by atoms with Crippen LogP contribution in [0.15, 0.2) is 95.4 Å². The predicted octanol–water partition coefficient (Wildman–Crippen LogP) is 6.05. The fourth-order valence-electron chi connectivity index (χ4n) is 4.06. The molecule has 0 aliphatic heterocycles. The number of carboxylic acids is 1. The van der Waals surface area contributed by atoms with Crippen LogP contribution in [0.3, 0.4) is 0 Å². The number of nitrogens with zero attached hydrogens (tertiary/aromatic N) is 1. The highest BCUT2D eigenvalue weighted by atomic mass is 19.4. The number of Topliss-reactive ketones (excluding diaryl/α,β-unsaturated/α-hetero) is 1. The molecule has 2 atom stereocenters. The Bertz CT molecular complexity index is 1490. The summed E-state index contributed by atoms with van der Waals surface area (Å²) in [6.45, 7) is 0. The molecule has 0 amide bonds. The Hall–Kier alpha value is -4.68. The number of carboxylic acid groups (broad SMARTS) is 1. The number of nitriles is 1. The van der Waals surface area contributed by atoms with E-state index in [2.05, 4.69) is 5.32 Å². The zero-order valence-electron chi connectivity index (χ0n) is 19.8. The zero-order valence-corrected chi connectivity index (χ0v) is 19.8. The average molecular weight is 518 g/mol. The van der Waals surface area contributed by atoms with E-state index in [1.54, 1.807) is 30.3 Å². The number of furan rings is 1. The van der Waals surface area contributed by atoms with Crippen molar-refractivity contribution in [2.75, 3.05) is 0 Å². The maximum absolute atomic E-state index is 13.6. The number of halogens is 3. The van der Waals surface area contributed by atoms with Crippen LogP contribution in [0.2, 0.25) is 0 Å². The summed E-state index contributed by atoms with van der Waals surface area (Å²) >= 11 is 0. The highest BCUT2D eigenvalue weighted by Gasteiger charge is 2.35. The van der Waals surface area contributed by atoms with Gasteiger partial charge in [0, 0.05) is 11.1 Å². The first-order valence-electron chi connectivity index (χ1n) is 11.5. The van der Waals surface area contributed by atoms with Crippen LogP contribution in [0.5, 0.6) is 0 Å². The number of benzene rings is 3. The molecule has 4 rings (SSSR count). The molecule has 0 bridgehead atoms. The van der Waals surface area contributed by atoms with Gasteiger partial charge in [0.2, 0.25) is 0 Å². The van der Waals surface area contributed by atoms with Crippen LogP contribution < -0.4 is 5.32 Å². The Morgan fingerprint density at radius 1 is 0.947 bits per heavy atom. The fourth-order valence-corrected chi connectivity index (χ4v) is 4.06. The highest BCUT2D eigenvalue weighted by molar-refractivity contribution is 6.01. The third kappa shape index (κ3) is 5.99. The molecule has 1 aromatic heterocycles. The van der Waals surface area contributed by atoms with E-state index in [1.165, 1.54) is 54.6 Å². The largest absolute Gasteiger partial charge is 0.480 e. The van der Waals surface area contributed by atoms with Gasteiger partial charge >= 0.3 is 12.1 Å². The Kier molecular flexibility index (Phi) is 7.74. The van der Waals surface area contributed by atoms with Gasteiger partial charge in [0.05, 0.1) is 17.2 Å². The number of hydrogen-bond donors (Lipinski definition) is 2. The first-order chi connectivity index (χ1) is 18.2. The van der Waals surface area contributed by atoms with Gasteiger partial charge in [-0.1, -0.05) is 60.7 Å². The quantitative estimate of drug-likeness (QED) is 0.262. The number of alkyl halides is 3. The Morgan fingerprint density at radius 2 is 1.66 bits per heavy atom. The maximum atomic E-state index is 13.6. The van der Waals surface area contributed by atoms with E-state index >= 15 is 0 Å². The van der Waals surface area contributed by atoms with E-state index < -0.39 is 35.6 Å². The number of hydrogen-bond acceptors (Lipinski definition) is 5. The summed E-state index contributed by atoms with van der Waals surface area (Å²) in [6, 6.07) is 21.5. The summed E-state index contributed by atoms with van der Waals surface area (Å²) in [7, 11) is 0. The van der Waals surface area contributed by atoms with Crippen LogP contribution in [0.25, 0.3) is 11.3 Å². The molecule has 0 aliphatic carbocycles. The lowest BCUT2D eigenvalue weighted by atomic mass is 9.98. The summed E-state index contributed by atoms with van der Waals surface area (Å²) in [6.07, 6.45) is -4.61. The van der Waals surface area contributed by atoms with Gasteiger partial charge in [-0.2, -0.15) is 18.4 Å². The van der Waals surface area contributed by atoms with Gasteiger partial charge in [-0.05, 0) is 42.3 Å². The van der Waals surface area contributed by atoms with Gasteiger partial charge in [0.1, 0.15) is 23.6 Å². The third-order valence-corrected chi connectivity index (χ3v) is 5.90. The van der Waals surface area contributed by atoms with E-state index in [1.807, 2.05) is 6.07 Å².